The Morgan fingerprint density at radius 3 is 2.27 bits per heavy atom. The number of carbonyl (C=O) groups is 2. The molecule has 80 valence electrons. The monoisotopic (exact) mass is 206 g/mol. The summed E-state index contributed by atoms with van der Waals surface area (Å²) in [4.78, 5) is 21.1. The lowest BCUT2D eigenvalue weighted by molar-refractivity contribution is -0.136. The summed E-state index contributed by atoms with van der Waals surface area (Å²) in [5.41, 5.74) is 3.49. The van der Waals surface area contributed by atoms with Crippen LogP contribution in [0.2, 0.25) is 0 Å². The lowest BCUT2D eigenvalue weighted by Gasteiger charge is -2.07. The van der Waals surface area contributed by atoms with Gasteiger partial charge in [0.05, 0.1) is 0 Å². The maximum absolute atomic E-state index is 10.7. The smallest absolute Gasteiger partial charge is 0.303 e. The third-order valence-electron chi connectivity index (χ3n) is 2.40. The standard InChI is InChI=1S/C12H14O3/c1-8-5-10(3-4-12(14)15)6-9(2)11(8)7-13/h5-7H,3-4H2,1-2H3,(H,14,15). The molecule has 1 rings (SSSR count). The molecule has 1 aromatic carbocycles. The van der Waals surface area contributed by atoms with Crippen molar-refractivity contribution in [3.63, 3.8) is 0 Å². The number of benzene rings is 1. The Balaban J connectivity index is 2.93. The van der Waals surface area contributed by atoms with E-state index in [2.05, 4.69) is 0 Å². The summed E-state index contributed by atoms with van der Waals surface area (Å²) in [6.45, 7) is 3.72. The number of carboxylic acid groups (broad SMARTS) is 1. The third kappa shape index (κ3) is 2.91. The van der Waals surface area contributed by atoms with Crippen LogP contribution in [0.25, 0.3) is 0 Å². The number of aryl methyl sites for hydroxylation is 3. The fraction of sp³-hybridized carbons (Fsp3) is 0.333. The van der Waals surface area contributed by atoms with E-state index in [1.165, 1.54) is 0 Å². The first-order valence-corrected chi connectivity index (χ1v) is 4.81. The summed E-state index contributed by atoms with van der Waals surface area (Å²) in [5, 5.41) is 8.56. The molecule has 0 aliphatic rings. The zero-order valence-corrected chi connectivity index (χ0v) is 8.91. The molecule has 0 bridgehead atoms. The molecule has 3 nitrogen and oxygen atoms in total. The lowest BCUT2D eigenvalue weighted by atomic mass is 9.98. The third-order valence-corrected chi connectivity index (χ3v) is 2.40. The van der Waals surface area contributed by atoms with E-state index < -0.39 is 5.97 Å². The highest BCUT2D eigenvalue weighted by atomic mass is 16.4. The largest absolute Gasteiger partial charge is 0.481 e. The van der Waals surface area contributed by atoms with Gasteiger partial charge < -0.3 is 5.11 Å². The zero-order valence-electron chi connectivity index (χ0n) is 8.91. The Bertz CT molecular complexity index is 371. The summed E-state index contributed by atoms with van der Waals surface area (Å²) >= 11 is 0. The van der Waals surface area contributed by atoms with Crippen LogP contribution in [0, 0.1) is 13.8 Å². The van der Waals surface area contributed by atoms with Crippen molar-refractivity contribution < 1.29 is 14.7 Å². The SMILES string of the molecule is Cc1cc(CCC(=O)O)cc(C)c1C=O. The number of aliphatic carboxylic acids is 1. The Morgan fingerprint density at radius 1 is 1.33 bits per heavy atom. The van der Waals surface area contributed by atoms with Crippen LogP contribution in [0.15, 0.2) is 12.1 Å². The fourth-order valence-corrected chi connectivity index (χ4v) is 1.65. The van der Waals surface area contributed by atoms with E-state index in [0.29, 0.717) is 12.0 Å². The van der Waals surface area contributed by atoms with Crippen molar-refractivity contribution in [1.82, 2.24) is 0 Å². The Hall–Kier alpha value is -1.64. The van der Waals surface area contributed by atoms with Crippen LogP contribution >= 0.6 is 0 Å². The first kappa shape index (κ1) is 11.4. The summed E-state index contributed by atoms with van der Waals surface area (Å²) in [7, 11) is 0. The molecule has 0 unspecified atom stereocenters. The van der Waals surface area contributed by atoms with Gasteiger partial charge in [-0.15, -0.1) is 0 Å². The van der Waals surface area contributed by atoms with Crippen LogP contribution in [-0.4, -0.2) is 17.4 Å². The molecule has 1 N–H and O–H groups in total. The van der Waals surface area contributed by atoms with Gasteiger partial charge in [0.25, 0.3) is 0 Å². The maximum atomic E-state index is 10.7. The lowest BCUT2D eigenvalue weighted by Crippen LogP contribution is -2.00. The molecule has 1 aromatic rings. The van der Waals surface area contributed by atoms with Gasteiger partial charge in [-0.25, -0.2) is 0 Å². The zero-order chi connectivity index (χ0) is 11.4. The fourth-order valence-electron chi connectivity index (χ4n) is 1.65. The second-order valence-electron chi connectivity index (χ2n) is 3.65. The summed E-state index contributed by atoms with van der Waals surface area (Å²) in [6, 6.07) is 3.75. The van der Waals surface area contributed by atoms with Crippen molar-refractivity contribution >= 4 is 12.3 Å². The van der Waals surface area contributed by atoms with Gasteiger partial charge >= 0.3 is 5.97 Å². The molecule has 0 aliphatic heterocycles. The highest BCUT2D eigenvalue weighted by Crippen LogP contribution is 2.16. The Labute approximate surface area is 88.7 Å². The quantitative estimate of drug-likeness (QED) is 0.768. The van der Waals surface area contributed by atoms with Gasteiger partial charge in [-0.2, -0.15) is 0 Å². The first-order valence-electron chi connectivity index (χ1n) is 4.81. The molecule has 3 heteroatoms. The molecular formula is C12H14O3. The van der Waals surface area contributed by atoms with Gasteiger partial charge in [0.15, 0.2) is 6.29 Å². The second-order valence-corrected chi connectivity index (χ2v) is 3.65. The van der Waals surface area contributed by atoms with Crippen LogP contribution in [0.3, 0.4) is 0 Å². The molecule has 0 heterocycles. The number of hydrogen-bond donors (Lipinski definition) is 1. The van der Waals surface area contributed by atoms with E-state index in [9.17, 15) is 9.59 Å². The summed E-state index contributed by atoms with van der Waals surface area (Å²) in [6.07, 6.45) is 1.47. The number of carboxylic acids is 1. The van der Waals surface area contributed by atoms with Gasteiger partial charge in [-0.3, -0.25) is 9.59 Å². The minimum atomic E-state index is -0.801. The average Bonchev–Trinajstić information content (AvgIpc) is 2.14. The predicted octanol–water partition coefficient (Wildman–Crippen LogP) is 2.13. The van der Waals surface area contributed by atoms with E-state index in [0.717, 1.165) is 23.0 Å². The van der Waals surface area contributed by atoms with Gasteiger partial charge in [0.2, 0.25) is 0 Å². The number of carbonyl (C=O) groups excluding carboxylic acids is 1. The molecular weight excluding hydrogens is 192 g/mol. The van der Waals surface area contributed by atoms with Crippen LogP contribution in [-0.2, 0) is 11.2 Å². The van der Waals surface area contributed by atoms with E-state index in [4.69, 9.17) is 5.11 Å². The van der Waals surface area contributed by atoms with Crippen LogP contribution in [0.1, 0.15) is 33.5 Å². The van der Waals surface area contributed by atoms with Crippen molar-refractivity contribution in [2.45, 2.75) is 26.7 Å². The molecule has 15 heavy (non-hydrogen) atoms. The molecule has 0 saturated heterocycles. The molecule has 0 aromatic heterocycles. The van der Waals surface area contributed by atoms with E-state index >= 15 is 0 Å². The maximum Gasteiger partial charge on any atom is 0.303 e. The van der Waals surface area contributed by atoms with Gasteiger partial charge in [-0.1, -0.05) is 12.1 Å². The highest BCUT2D eigenvalue weighted by Gasteiger charge is 2.05. The summed E-state index contributed by atoms with van der Waals surface area (Å²) < 4.78 is 0. The van der Waals surface area contributed by atoms with Crippen molar-refractivity contribution in [3.8, 4) is 0 Å². The Morgan fingerprint density at radius 2 is 1.87 bits per heavy atom. The van der Waals surface area contributed by atoms with E-state index in [1.807, 2.05) is 26.0 Å². The highest BCUT2D eigenvalue weighted by molar-refractivity contribution is 5.79. The van der Waals surface area contributed by atoms with Crippen molar-refractivity contribution in [2.24, 2.45) is 0 Å². The normalized spacial score (nSPS) is 10.0. The van der Waals surface area contributed by atoms with Crippen molar-refractivity contribution in [3.05, 3.63) is 34.4 Å². The van der Waals surface area contributed by atoms with Gasteiger partial charge in [-0.05, 0) is 37.0 Å². The van der Waals surface area contributed by atoms with Crippen molar-refractivity contribution in [1.29, 1.82) is 0 Å². The first-order chi connectivity index (χ1) is 7.04. The second kappa shape index (κ2) is 4.73. The molecule has 0 radical (unpaired) electrons. The van der Waals surface area contributed by atoms with Gasteiger partial charge in [0.1, 0.15) is 0 Å². The van der Waals surface area contributed by atoms with Crippen LogP contribution in [0.4, 0.5) is 0 Å². The topological polar surface area (TPSA) is 54.4 Å². The van der Waals surface area contributed by atoms with E-state index in [-0.39, 0.29) is 6.42 Å². The molecule has 0 spiro atoms. The number of rotatable bonds is 4. The predicted molar refractivity (Wildman–Crippen MR) is 57.3 cm³/mol. The van der Waals surface area contributed by atoms with Crippen LogP contribution < -0.4 is 0 Å². The number of hydrogen-bond acceptors (Lipinski definition) is 2. The number of aldehydes is 1. The van der Waals surface area contributed by atoms with Crippen LogP contribution in [0.5, 0.6) is 0 Å². The minimum Gasteiger partial charge on any atom is -0.481 e. The molecule has 0 amide bonds. The Kier molecular flexibility index (Phi) is 3.61. The average molecular weight is 206 g/mol. The molecule has 0 fully saturated rings. The van der Waals surface area contributed by atoms with E-state index in [1.54, 1.807) is 0 Å². The summed E-state index contributed by atoms with van der Waals surface area (Å²) in [5.74, 6) is -0.801. The van der Waals surface area contributed by atoms with Gasteiger partial charge in [0, 0.05) is 12.0 Å². The minimum absolute atomic E-state index is 0.124. The molecule has 0 atom stereocenters. The molecule has 0 aliphatic carbocycles. The van der Waals surface area contributed by atoms with Crippen molar-refractivity contribution in [2.75, 3.05) is 0 Å². The molecule has 0 saturated carbocycles.